The monoisotopic (exact) mass is 536 g/mol. The van der Waals surface area contributed by atoms with Gasteiger partial charge in [0.2, 0.25) is 0 Å². The Morgan fingerprint density at radius 1 is 0.440 bits per heavy atom. The molecule has 0 radical (unpaired) electrons. The Morgan fingerprint density at radius 3 is 0.800 bits per heavy atom. The predicted molar refractivity (Wildman–Crippen MR) is 110 cm³/mol. The van der Waals surface area contributed by atoms with E-state index in [1.807, 2.05) is 0 Å². The summed E-state index contributed by atoms with van der Waals surface area (Å²) in [5.74, 6) is 0. The quantitative estimate of drug-likeness (QED) is 0.171. The van der Waals surface area contributed by atoms with Gasteiger partial charge in [-0.3, -0.25) is 0 Å². The molecule has 0 aromatic carbocycles. The van der Waals surface area contributed by atoms with E-state index in [2.05, 4.69) is 0 Å². The minimum atomic E-state index is -3.53. The fourth-order valence-corrected chi connectivity index (χ4v) is 4.03. The Morgan fingerprint density at radius 2 is 0.640 bits per heavy atom. The molecule has 0 aliphatic rings. The number of hydrogen-bond acceptors (Lipinski definition) is 4. The average molecular weight is 540 g/mol. The van der Waals surface area contributed by atoms with Crippen molar-refractivity contribution in [3.8, 4) is 0 Å². The van der Waals surface area contributed by atoms with Gasteiger partial charge in [-0.05, 0) is 25.7 Å². The first-order chi connectivity index (χ1) is 11.7. The summed E-state index contributed by atoms with van der Waals surface area (Å²) in [5.41, 5.74) is 0. The van der Waals surface area contributed by atoms with Crippen LogP contribution in [0.5, 0.6) is 0 Å². The summed E-state index contributed by atoms with van der Waals surface area (Å²) in [5, 5.41) is 0. The van der Waals surface area contributed by atoms with Crippen LogP contribution in [0.25, 0.3) is 0 Å². The second kappa shape index (κ2) is 16.2. The first kappa shape index (κ1) is 27.4. The van der Waals surface area contributed by atoms with Crippen molar-refractivity contribution in [1.82, 2.24) is 0 Å². The van der Waals surface area contributed by atoms with Crippen molar-refractivity contribution in [3.05, 3.63) is 0 Å². The number of halogens is 8. The van der Waals surface area contributed by atoms with Gasteiger partial charge < -0.3 is 17.7 Å². The van der Waals surface area contributed by atoms with E-state index in [-0.39, 0.29) is 26.4 Å². The van der Waals surface area contributed by atoms with Crippen molar-refractivity contribution in [2.24, 2.45) is 0 Å². The molecule has 0 spiro atoms. The molecule has 25 heavy (non-hydrogen) atoms. The summed E-state index contributed by atoms with van der Waals surface area (Å²) in [4.78, 5) is -2.36. The van der Waals surface area contributed by atoms with Gasteiger partial charge in [0.05, 0.1) is 0 Å². The van der Waals surface area contributed by atoms with E-state index in [1.54, 1.807) is 0 Å². The predicted octanol–water partition coefficient (Wildman–Crippen LogP) is 6.26. The minimum Gasteiger partial charge on any atom is -0.351 e. The largest absolute Gasteiger partial charge is 0.679 e. The molecule has 0 saturated carbocycles. The van der Waals surface area contributed by atoms with E-state index in [1.165, 1.54) is 0 Å². The smallest absolute Gasteiger partial charge is 0.351 e. The van der Waals surface area contributed by atoms with E-state index in [0.29, 0.717) is 25.7 Å². The molecule has 0 saturated heterocycles. The molecule has 0 unspecified atom stereocenters. The standard InChI is InChI=1S/C12H20Cl8O4Si/c13-9(14)1-5-21-25(22-6-2-10(15)16,23-7-3-11(17)18)24-8-4-12(19)20/h9-12H,1-8H2. The van der Waals surface area contributed by atoms with Gasteiger partial charge in [0.15, 0.2) is 0 Å². The lowest BCUT2D eigenvalue weighted by atomic mass is 10.5. The Labute approximate surface area is 190 Å². The minimum absolute atomic E-state index is 0.172. The van der Waals surface area contributed by atoms with E-state index < -0.39 is 28.4 Å². The normalized spacial score (nSPS) is 13.0. The average Bonchev–Trinajstić information content (AvgIpc) is 2.45. The third-order valence-electron chi connectivity index (χ3n) is 2.46. The van der Waals surface area contributed by atoms with Crippen molar-refractivity contribution in [1.29, 1.82) is 0 Å². The number of rotatable bonds is 16. The van der Waals surface area contributed by atoms with E-state index in [0.717, 1.165) is 0 Å². The SMILES string of the molecule is ClC(Cl)CCO[Si](OCCC(Cl)Cl)(OCCC(Cl)Cl)OCCC(Cl)Cl. The van der Waals surface area contributed by atoms with E-state index >= 15 is 0 Å². The lowest BCUT2D eigenvalue weighted by Gasteiger charge is -2.28. The van der Waals surface area contributed by atoms with Crippen LogP contribution in [-0.4, -0.2) is 54.8 Å². The fraction of sp³-hybridized carbons (Fsp3) is 1.00. The van der Waals surface area contributed by atoms with Gasteiger partial charge in [-0.15, -0.1) is 92.8 Å². The summed E-state index contributed by atoms with van der Waals surface area (Å²) in [6.07, 6.45) is 1.46. The van der Waals surface area contributed by atoms with Crippen LogP contribution in [-0.2, 0) is 17.7 Å². The third kappa shape index (κ3) is 17.0. The molecule has 152 valence electrons. The summed E-state index contributed by atoms with van der Waals surface area (Å²) < 4.78 is 22.9. The maximum atomic E-state index is 5.73. The van der Waals surface area contributed by atoms with Crippen LogP contribution in [0.15, 0.2) is 0 Å². The van der Waals surface area contributed by atoms with Gasteiger partial charge in [-0.1, -0.05) is 0 Å². The molecule has 0 aromatic rings. The van der Waals surface area contributed by atoms with Crippen molar-refractivity contribution in [2.45, 2.75) is 45.0 Å². The third-order valence-corrected chi connectivity index (χ3v) is 6.44. The summed E-state index contributed by atoms with van der Waals surface area (Å²) in [6, 6.07) is 0. The van der Waals surface area contributed by atoms with Crippen LogP contribution in [0.3, 0.4) is 0 Å². The van der Waals surface area contributed by atoms with Gasteiger partial charge in [-0.2, -0.15) is 0 Å². The summed E-state index contributed by atoms with van der Waals surface area (Å²) in [6.45, 7) is 0.688. The maximum Gasteiger partial charge on any atom is 0.679 e. The molecule has 0 bridgehead atoms. The second-order valence-corrected chi connectivity index (χ2v) is 11.9. The Balaban J connectivity index is 4.85. The van der Waals surface area contributed by atoms with Crippen LogP contribution < -0.4 is 0 Å². The first-order valence-electron chi connectivity index (χ1n) is 7.35. The van der Waals surface area contributed by atoms with Crippen molar-refractivity contribution in [3.63, 3.8) is 0 Å². The molecule has 0 rings (SSSR count). The molecule has 0 aliphatic carbocycles. The van der Waals surface area contributed by atoms with Crippen LogP contribution in [0.4, 0.5) is 0 Å². The molecule has 0 amide bonds. The van der Waals surface area contributed by atoms with Gasteiger partial charge in [0, 0.05) is 26.4 Å². The van der Waals surface area contributed by atoms with Crippen LogP contribution in [0.1, 0.15) is 25.7 Å². The molecule has 0 aromatic heterocycles. The molecule has 13 heteroatoms. The van der Waals surface area contributed by atoms with Crippen molar-refractivity contribution >= 4 is 102 Å². The van der Waals surface area contributed by atoms with Gasteiger partial charge in [0.1, 0.15) is 19.3 Å². The lowest BCUT2D eigenvalue weighted by molar-refractivity contribution is -0.0351. The molecule has 4 nitrogen and oxygen atoms in total. The molecular formula is C12H20Cl8O4Si. The zero-order valence-electron chi connectivity index (χ0n) is 13.1. The van der Waals surface area contributed by atoms with Crippen molar-refractivity contribution < 1.29 is 17.7 Å². The molecule has 0 heterocycles. The molecule has 0 aliphatic heterocycles. The number of alkyl halides is 8. The molecule has 0 fully saturated rings. The summed E-state index contributed by atoms with van der Waals surface area (Å²) >= 11 is 45.7. The lowest BCUT2D eigenvalue weighted by Crippen LogP contribution is -2.50. The molecular weight excluding hydrogens is 520 g/mol. The highest BCUT2D eigenvalue weighted by Gasteiger charge is 2.46. The van der Waals surface area contributed by atoms with Crippen LogP contribution in [0, 0.1) is 0 Å². The van der Waals surface area contributed by atoms with Gasteiger partial charge >= 0.3 is 9.05 Å². The number of hydrogen-bond donors (Lipinski definition) is 0. The Bertz CT molecular complexity index is 264. The zero-order chi connectivity index (χ0) is 19.3. The van der Waals surface area contributed by atoms with Gasteiger partial charge in [0.25, 0.3) is 0 Å². The second-order valence-electron chi connectivity index (χ2n) is 4.61. The Hall–Kier alpha value is 2.38. The van der Waals surface area contributed by atoms with E-state index in [9.17, 15) is 0 Å². The topological polar surface area (TPSA) is 36.9 Å². The van der Waals surface area contributed by atoms with Crippen LogP contribution in [0.2, 0.25) is 0 Å². The first-order valence-corrected chi connectivity index (χ1v) is 12.5. The highest BCUT2D eigenvalue weighted by atomic mass is 35.5. The van der Waals surface area contributed by atoms with E-state index in [4.69, 9.17) is 111 Å². The maximum absolute atomic E-state index is 5.73. The fourth-order valence-electron chi connectivity index (χ4n) is 1.34. The zero-order valence-corrected chi connectivity index (χ0v) is 20.2. The summed E-state index contributed by atoms with van der Waals surface area (Å²) in [7, 11) is -3.53. The van der Waals surface area contributed by atoms with Crippen molar-refractivity contribution in [2.75, 3.05) is 26.4 Å². The highest BCUT2D eigenvalue weighted by molar-refractivity contribution is 6.53. The highest BCUT2D eigenvalue weighted by Crippen LogP contribution is 2.20. The molecule has 0 N–H and O–H groups in total. The Kier molecular flexibility index (Phi) is 17.7. The van der Waals surface area contributed by atoms with Gasteiger partial charge in [-0.25, -0.2) is 0 Å². The van der Waals surface area contributed by atoms with Crippen LogP contribution >= 0.6 is 92.8 Å². The molecule has 0 atom stereocenters.